The molecule has 0 bridgehead atoms. The molecule has 0 aliphatic rings. The van der Waals surface area contributed by atoms with Crippen LogP contribution in [0.1, 0.15) is 33.6 Å². The second kappa shape index (κ2) is 6.62. The lowest BCUT2D eigenvalue weighted by Gasteiger charge is -2.33. The second-order valence-corrected chi connectivity index (χ2v) is 3.76. The number of allylic oxidation sites excluding steroid dienone is 1. The molecule has 0 radical (unpaired) electrons. The average Bonchev–Trinajstić information content (AvgIpc) is 2.20. The topological polar surface area (TPSA) is 35.5 Å². The summed E-state index contributed by atoms with van der Waals surface area (Å²) in [5.74, 6) is -0.210. The summed E-state index contributed by atoms with van der Waals surface area (Å²) in [6, 6.07) is 0. The van der Waals surface area contributed by atoms with Crippen molar-refractivity contribution >= 4 is 5.97 Å². The summed E-state index contributed by atoms with van der Waals surface area (Å²) in [7, 11) is 1.62. The van der Waals surface area contributed by atoms with E-state index in [1.54, 1.807) is 20.1 Å². The summed E-state index contributed by atoms with van der Waals surface area (Å²) in [5, 5.41) is 0. The maximum Gasteiger partial charge on any atom is 0.314 e. The van der Waals surface area contributed by atoms with Crippen LogP contribution in [-0.2, 0) is 14.3 Å². The summed E-state index contributed by atoms with van der Waals surface area (Å²) < 4.78 is 10.4. The predicted molar refractivity (Wildman–Crippen MR) is 60.6 cm³/mol. The van der Waals surface area contributed by atoms with E-state index in [2.05, 4.69) is 6.58 Å². The molecule has 0 saturated heterocycles. The fraction of sp³-hybridized carbons (Fsp3) is 0.750. The summed E-state index contributed by atoms with van der Waals surface area (Å²) in [6.07, 6.45) is 2.95. The summed E-state index contributed by atoms with van der Waals surface area (Å²) in [4.78, 5) is 11.9. The molecule has 0 amide bonds. The lowest BCUT2D eigenvalue weighted by Crippen LogP contribution is -2.41. The molecule has 0 fully saturated rings. The van der Waals surface area contributed by atoms with E-state index in [4.69, 9.17) is 9.47 Å². The number of hydrogen-bond acceptors (Lipinski definition) is 3. The molecule has 0 aromatic heterocycles. The molecule has 0 aromatic carbocycles. The van der Waals surface area contributed by atoms with Crippen molar-refractivity contribution in [3.8, 4) is 0 Å². The Kier molecular flexibility index (Phi) is 6.25. The lowest BCUT2D eigenvalue weighted by atomic mass is 9.79. The molecule has 3 nitrogen and oxygen atoms in total. The molecule has 3 heteroatoms. The number of carbonyl (C=O) groups excluding carboxylic acids is 1. The highest BCUT2D eigenvalue weighted by Crippen LogP contribution is 2.32. The monoisotopic (exact) mass is 214 g/mol. The molecule has 0 aromatic rings. The molecule has 0 spiro atoms. The SMILES string of the molecule is C=CC[C@@](C)(C(=O)OCC)[C@@H](CC)OC. The van der Waals surface area contributed by atoms with Gasteiger partial charge in [-0.3, -0.25) is 4.79 Å². The van der Waals surface area contributed by atoms with Gasteiger partial charge >= 0.3 is 5.97 Å². The first-order valence-electron chi connectivity index (χ1n) is 5.37. The van der Waals surface area contributed by atoms with Gasteiger partial charge in [0, 0.05) is 7.11 Å². The van der Waals surface area contributed by atoms with Crippen molar-refractivity contribution in [3.63, 3.8) is 0 Å². The number of methoxy groups -OCH3 is 1. The van der Waals surface area contributed by atoms with Gasteiger partial charge in [-0.2, -0.15) is 0 Å². The van der Waals surface area contributed by atoms with E-state index in [0.717, 1.165) is 6.42 Å². The van der Waals surface area contributed by atoms with Crippen LogP contribution < -0.4 is 0 Å². The Morgan fingerprint density at radius 2 is 2.13 bits per heavy atom. The van der Waals surface area contributed by atoms with E-state index in [9.17, 15) is 4.79 Å². The maximum absolute atomic E-state index is 11.9. The second-order valence-electron chi connectivity index (χ2n) is 3.76. The van der Waals surface area contributed by atoms with Crippen LogP contribution in [-0.4, -0.2) is 25.8 Å². The molecule has 0 heterocycles. The maximum atomic E-state index is 11.9. The molecule has 2 atom stereocenters. The lowest BCUT2D eigenvalue weighted by molar-refractivity contribution is -0.163. The van der Waals surface area contributed by atoms with Gasteiger partial charge in [-0.15, -0.1) is 6.58 Å². The van der Waals surface area contributed by atoms with Crippen LogP contribution in [0.5, 0.6) is 0 Å². The molecule has 0 N–H and O–H groups in total. The minimum Gasteiger partial charge on any atom is -0.465 e. The fourth-order valence-corrected chi connectivity index (χ4v) is 1.82. The van der Waals surface area contributed by atoms with Crippen LogP contribution in [0.4, 0.5) is 0 Å². The van der Waals surface area contributed by atoms with Crippen LogP contribution in [0.3, 0.4) is 0 Å². The van der Waals surface area contributed by atoms with Gasteiger partial charge in [0.2, 0.25) is 0 Å². The van der Waals surface area contributed by atoms with Gasteiger partial charge in [0.25, 0.3) is 0 Å². The van der Waals surface area contributed by atoms with Crippen molar-refractivity contribution in [3.05, 3.63) is 12.7 Å². The molecule has 0 aliphatic carbocycles. The Morgan fingerprint density at radius 3 is 2.47 bits per heavy atom. The zero-order valence-corrected chi connectivity index (χ0v) is 10.2. The van der Waals surface area contributed by atoms with Crippen LogP contribution in [0.2, 0.25) is 0 Å². The van der Waals surface area contributed by atoms with Gasteiger partial charge in [0.1, 0.15) is 0 Å². The molecule has 0 saturated carbocycles. The predicted octanol–water partition coefficient (Wildman–Crippen LogP) is 2.56. The minimum absolute atomic E-state index is 0.130. The third-order valence-electron chi connectivity index (χ3n) is 2.68. The molecule has 0 rings (SSSR count). The Morgan fingerprint density at radius 1 is 1.53 bits per heavy atom. The zero-order valence-electron chi connectivity index (χ0n) is 10.2. The van der Waals surface area contributed by atoms with Crippen LogP contribution in [0.15, 0.2) is 12.7 Å². The van der Waals surface area contributed by atoms with Crippen molar-refractivity contribution in [2.45, 2.75) is 39.7 Å². The van der Waals surface area contributed by atoms with Crippen molar-refractivity contribution in [1.29, 1.82) is 0 Å². The normalized spacial score (nSPS) is 16.5. The third kappa shape index (κ3) is 3.34. The van der Waals surface area contributed by atoms with E-state index in [1.165, 1.54) is 0 Å². The first kappa shape index (κ1) is 14.2. The standard InChI is InChI=1S/C12H22O3/c1-6-9-12(4,10(7-2)14-5)11(13)15-8-3/h6,10H,1,7-9H2,2-5H3/t10-,12-/m1/s1. The highest BCUT2D eigenvalue weighted by Gasteiger charge is 2.41. The summed E-state index contributed by atoms with van der Waals surface area (Å²) in [6.45, 7) is 9.74. The number of esters is 1. The Labute approximate surface area is 92.5 Å². The Hall–Kier alpha value is -0.830. The van der Waals surface area contributed by atoms with Crippen LogP contribution in [0.25, 0.3) is 0 Å². The smallest absolute Gasteiger partial charge is 0.314 e. The van der Waals surface area contributed by atoms with Gasteiger partial charge in [-0.1, -0.05) is 13.0 Å². The van der Waals surface area contributed by atoms with Crippen LogP contribution in [0, 0.1) is 5.41 Å². The molecular weight excluding hydrogens is 192 g/mol. The van der Waals surface area contributed by atoms with Crippen LogP contribution >= 0.6 is 0 Å². The quantitative estimate of drug-likeness (QED) is 0.482. The van der Waals surface area contributed by atoms with E-state index < -0.39 is 5.41 Å². The van der Waals surface area contributed by atoms with E-state index in [0.29, 0.717) is 13.0 Å². The van der Waals surface area contributed by atoms with Crippen molar-refractivity contribution in [1.82, 2.24) is 0 Å². The zero-order chi connectivity index (χ0) is 11.9. The molecule has 15 heavy (non-hydrogen) atoms. The molecular formula is C12H22O3. The van der Waals surface area contributed by atoms with E-state index >= 15 is 0 Å². The number of hydrogen-bond donors (Lipinski definition) is 0. The first-order valence-corrected chi connectivity index (χ1v) is 5.37. The first-order chi connectivity index (χ1) is 7.06. The molecule has 0 unspecified atom stereocenters. The van der Waals surface area contributed by atoms with Gasteiger partial charge < -0.3 is 9.47 Å². The van der Waals surface area contributed by atoms with Crippen molar-refractivity contribution in [2.24, 2.45) is 5.41 Å². The summed E-state index contributed by atoms with van der Waals surface area (Å²) in [5.41, 5.74) is -0.624. The van der Waals surface area contributed by atoms with E-state index in [-0.39, 0.29) is 12.1 Å². The molecule has 88 valence electrons. The van der Waals surface area contributed by atoms with Gasteiger partial charge in [-0.05, 0) is 26.7 Å². The Balaban J connectivity index is 4.84. The highest BCUT2D eigenvalue weighted by molar-refractivity contribution is 5.77. The number of ether oxygens (including phenoxy) is 2. The van der Waals surface area contributed by atoms with Gasteiger partial charge in [0.05, 0.1) is 18.1 Å². The summed E-state index contributed by atoms with van der Waals surface area (Å²) >= 11 is 0. The third-order valence-corrected chi connectivity index (χ3v) is 2.68. The van der Waals surface area contributed by atoms with Crippen molar-refractivity contribution < 1.29 is 14.3 Å². The van der Waals surface area contributed by atoms with E-state index in [1.807, 2.05) is 13.8 Å². The van der Waals surface area contributed by atoms with Crippen molar-refractivity contribution in [2.75, 3.05) is 13.7 Å². The Bertz CT molecular complexity index is 209. The van der Waals surface area contributed by atoms with Gasteiger partial charge in [0.15, 0.2) is 0 Å². The number of rotatable bonds is 7. The molecule has 0 aliphatic heterocycles. The van der Waals surface area contributed by atoms with Gasteiger partial charge in [-0.25, -0.2) is 0 Å². The fourth-order valence-electron chi connectivity index (χ4n) is 1.82. The average molecular weight is 214 g/mol. The largest absolute Gasteiger partial charge is 0.465 e. The minimum atomic E-state index is -0.624. The number of carbonyl (C=O) groups is 1. The highest BCUT2D eigenvalue weighted by atomic mass is 16.5.